The molecule has 0 N–H and O–H groups in total. The molecule has 1 aromatic heterocycles. The Balaban J connectivity index is 0.00000161. The van der Waals surface area contributed by atoms with E-state index in [0.29, 0.717) is 6.04 Å². The zero-order valence-corrected chi connectivity index (χ0v) is 14.6. The number of aromatic nitrogens is 1. The van der Waals surface area contributed by atoms with E-state index in [0.717, 1.165) is 31.7 Å². The maximum absolute atomic E-state index is 10.9. The van der Waals surface area contributed by atoms with Crippen molar-refractivity contribution < 1.29 is 39.5 Å². The van der Waals surface area contributed by atoms with Gasteiger partial charge in [0, 0.05) is 30.9 Å². The van der Waals surface area contributed by atoms with Gasteiger partial charge in [0.25, 0.3) is 0 Å². The molecule has 3 rings (SSSR count). The predicted molar refractivity (Wildman–Crippen MR) is 74.6 cm³/mol. The third-order valence-electron chi connectivity index (χ3n) is 4.43. The molecule has 0 aliphatic carbocycles. The number of aromatic carboxylic acids is 1. The second-order valence-electron chi connectivity index (χ2n) is 5.65. The second kappa shape index (κ2) is 7.58. The maximum atomic E-state index is 10.9. The number of carboxylic acids is 1. The van der Waals surface area contributed by atoms with Crippen LogP contribution in [-0.2, 0) is 0 Å². The molecule has 6 heteroatoms. The van der Waals surface area contributed by atoms with E-state index >= 15 is 0 Å². The van der Waals surface area contributed by atoms with Crippen LogP contribution in [0.2, 0.25) is 0 Å². The van der Waals surface area contributed by atoms with Crippen molar-refractivity contribution in [1.82, 2.24) is 9.88 Å². The molecular weight excluding hydrogens is 277 g/mol. The van der Waals surface area contributed by atoms with Crippen molar-refractivity contribution in [2.75, 3.05) is 31.1 Å². The minimum atomic E-state index is -1.14. The molecule has 0 atom stereocenters. The summed E-state index contributed by atoms with van der Waals surface area (Å²) in [6, 6.07) is 3.79. The van der Waals surface area contributed by atoms with Crippen LogP contribution < -0.4 is 39.6 Å². The number of carboxylic acid groups (broad SMARTS) is 1. The zero-order chi connectivity index (χ0) is 13.9. The van der Waals surface area contributed by atoms with Crippen LogP contribution >= 0.6 is 0 Å². The maximum Gasteiger partial charge on any atom is 1.00 e. The quantitative estimate of drug-likeness (QED) is 0.578. The van der Waals surface area contributed by atoms with Crippen molar-refractivity contribution in [2.24, 2.45) is 0 Å². The average Bonchev–Trinajstić information content (AvgIpc) is 3.02. The second-order valence-corrected chi connectivity index (χ2v) is 5.65. The molecule has 0 amide bonds. The summed E-state index contributed by atoms with van der Waals surface area (Å²) in [5.41, 5.74) is 0.205. The summed E-state index contributed by atoms with van der Waals surface area (Å²) in [7, 11) is 0. The Morgan fingerprint density at radius 3 is 2.48 bits per heavy atom. The van der Waals surface area contributed by atoms with E-state index in [1.807, 2.05) is 0 Å². The SMILES string of the molecule is O=C([O-])c1ccnc(N2CCC(N3CCCC3)CC2)c1.[Na+]. The molecule has 2 fully saturated rings. The summed E-state index contributed by atoms with van der Waals surface area (Å²) in [5, 5.41) is 10.9. The molecule has 0 spiro atoms. The molecular formula is C15H20N3NaO2. The number of hydrogen-bond donors (Lipinski definition) is 0. The topological polar surface area (TPSA) is 59.5 Å². The number of carbonyl (C=O) groups is 1. The summed E-state index contributed by atoms with van der Waals surface area (Å²) in [6.07, 6.45) is 6.48. The van der Waals surface area contributed by atoms with Crippen molar-refractivity contribution in [2.45, 2.75) is 31.7 Å². The van der Waals surface area contributed by atoms with Crippen LogP contribution in [0.4, 0.5) is 5.82 Å². The van der Waals surface area contributed by atoms with Crippen molar-refractivity contribution in [3.8, 4) is 0 Å². The first-order valence-corrected chi connectivity index (χ1v) is 7.40. The summed E-state index contributed by atoms with van der Waals surface area (Å²) >= 11 is 0. The minimum absolute atomic E-state index is 0. The molecule has 5 nitrogen and oxygen atoms in total. The first kappa shape index (κ1) is 16.7. The molecule has 108 valence electrons. The van der Waals surface area contributed by atoms with E-state index in [4.69, 9.17) is 0 Å². The summed E-state index contributed by atoms with van der Waals surface area (Å²) in [6.45, 7) is 4.38. The average molecular weight is 297 g/mol. The standard InChI is InChI=1S/C15H21N3O2.Na/c19-15(20)12-3-6-16-14(11-12)18-9-4-13(5-10-18)17-7-1-2-8-17;/h3,6,11,13H,1-2,4-5,7-10H2,(H,19,20);/q;+1/p-1. The Morgan fingerprint density at radius 2 is 1.86 bits per heavy atom. The van der Waals surface area contributed by atoms with Crippen LogP contribution in [-0.4, -0.2) is 48.1 Å². The normalized spacial score (nSPS) is 20.3. The van der Waals surface area contributed by atoms with E-state index in [-0.39, 0.29) is 35.1 Å². The van der Waals surface area contributed by atoms with Crippen LogP contribution in [0.1, 0.15) is 36.0 Å². The third-order valence-corrected chi connectivity index (χ3v) is 4.43. The smallest absolute Gasteiger partial charge is 0.545 e. The van der Waals surface area contributed by atoms with Gasteiger partial charge in [-0.3, -0.25) is 0 Å². The van der Waals surface area contributed by atoms with Gasteiger partial charge < -0.3 is 19.7 Å². The van der Waals surface area contributed by atoms with Crippen molar-refractivity contribution in [3.05, 3.63) is 23.9 Å². The number of pyridine rings is 1. The molecule has 2 aliphatic rings. The molecule has 2 aliphatic heterocycles. The number of carbonyl (C=O) groups excluding carboxylic acids is 1. The van der Waals surface area contributed by atoms with Gasteiger partial charge in [-0.2, -0.15) is 0 Å². The minimum Gasteiger partial charge on any atom is -0.545 e. The first-order valence-electron chi connectivity index (χ1n) is 7.40. The zero-order valence-electron chi connectivity index (χ0n) is 12.6. The van der Waals surface area contributed by atoms with Crippen molar-refractivity contribution >= 4 is 11.8 Å². The number of rotatable bonds is 3. The molecule has 3 heterocycles. The summed E-state index contributed by atoms with van der Waals surface area (Å²) < 4.78 is 0. The van der Waals surface area contributed by atoms with Gasteiger partial charge in [-0.15, -0.1) is 0 Å². The van der Waals surface area contributed by atoms with Gasteiger partial charge >= 0.3 is 29.6 Å². The van der Waals surface area contributed by atoms with Gasteiger partial charge in [-0.05, 0) is 50.9 Å². The Hall–Kier alpha value is -0.620. The predicted octanol–water partition coefficient (Wildman–Crippen LogP) is -2.49. The van der Waals surface area contributed by atoms with E-state index in [1.165, 1.54) is 32.0 Å². The summed E-state index contributed by atoms with van der Waals surface area (Å²) in [5.74, 6) is -0.382. The van der Waals surface area contributed by atoms with Crippen LogP contribution in [0.5, 0.6) is 0 Å². The first-order chi connectivity index (χ1) is 9.74. The molecule has 0 radical (unpaired) electrons. The fraction of sp³-hybridized carbons (Fsp3) is 0.600. The third kappa shape index (κ3) is 3.97. The van der Waals surface area contributed by atoms with E-state index in [9.17, 15) is 9.90 Å². The number of likely N-dealkylation sites (tertiary alicyclic amines) is 1. The molecule has 0 saturated carbocycles. The van der Waals surface area contributed by atoms with Gasteiger partial charge in [0.2, 0.25) is 0 Å². The van der Waals surface area contributed by atoms with E-state index < -0.39 is 5.97 Å². The van der Waals surface area contributed by atoms with E-state index in [2.05, 4.69) is 14.8 Å². The fourth-order valence-electron chi connectivity index (χ4n) is 3.29. The molecule has 0 unspecified atom stereocenters. The Bertz CT molecular complexity index is 484. The molecule has 0 aromatic carbocycles. The van der Waals surface area contributed by atoms with E-state index in [1.54, 1.807) is 12.3 Å². The Morgan fingerprint density at radius 1 is 1.19 bits per heavy atom. The van der Waals surface area contributed by atoms with Gasteiger partial charge in [0.1, 0.15) is 5.82 Å². The fourth-order valence-corrected chi connectivity index (χ4v) is 3.29. The largest absolute Gasteiger partial charge is 1.00 e. The molecule has 1 aromatic rings. The molecule has 0 bridgehead atoms. The number of nitrogens with zero attached hydrogens (tertiary/aromatic N) is 3. The molecule has 21 heavy (non-hydrogen) atoms. The number of hydrogen-bond acceptors (Lipinski definition) is 5. The van der Waals surface area contributed by atoms with Crippen molar-refractivity contribution in [3.63, 3.8) is 0 Å². The van der Waals surface area contributed by atoms with Crippen LogP contribution in [0.25, 0.3) is 0 Å². The van der Waals surface area contributed by atoms with Crippen LogP contribution in [0.3, 0.4) is 0 Å². The monoisotopic (exact) mass is 297 g/mol. The van der Waals surface area contributed by atoms with Crippen molar-refractivity contribution in [1.29, 1.82) is 0 Å². The summed E-state index contributed by atoms with van der Waals surface area (Å²) in [4.78, 5) is 20.0. The van der Waals surface area contributed by atoms with Gasteiger partial charge in [-0.1, -0.05) is 0 Å². The van der Waals surface area contributed by atoms with Crippen LogP contribution in [0, 0.1) is 0 Å². The van der Waals surface area contributed by atoms with Gasteiger partial charge in [-0.25, -0.2) is 4.98 Å². The van der Waals surface area contributed by atoms with Crippen LogP contribution in [0.15, 0.2) is 18.3 Å². The number of anilines is 1. The Kier molecular flexibility index (Phi) is 6.05. The molecule has 2 saturated heterocycles. The van der Waals surface area contributed by atoms with Gasteiger partial charge in [0.05, 0.1) is 5.97 Å². The van der Waals surface area contributed by atoms with Gasteiger partial charge in [0.15, 0.2) is 0 Å². The number of piperidine rings is 1. The Labute approximate surface area is 147 Å².